The molecule has 0 aliphatic rings. The topological polar surface area (TPSA) is 12.5 Å². The van der Waals surface area contributed by atoms with Gasteiger partial charge in [0.15, 0.2) is 0 Å². The molecule has 1 aromatic carbocycles. The van der Waals surface area contributed by atoms with Crippen molar-refractivity contribution in [1.82, 2.24) is 4.90 Å². The zero-order valence-corrected chi connectivity index (χ0v) is 9.64. The fourth-order valence-corrected chi connectivity index (χ4v) is 1.55. The molecular weight excluding hydrogens is 198 g/mol. The van der Waals surface area contributed by atoms with Crippen LogP contribution in [0.5, 0.6) is 5.75 Å². The van der Waals surface area contributed by atoms with Crippen LogP contribution in [0.2, 0.25) is 0 Å². The summed E-state index contributed by atoms with van der Waals surface area (Å²) in [6.07, 6.45) is 0. The number of hydrogen-bond donors (Lipinski definition) is 0. The van der Waals surface area contributed by atoms with Crippen molar-refractivity contribution in [2.45, 2.75) is 12.4 Å². The zero-order valence-electron chi connectivity index (χ0n) is 8.88. The summed E-state index contributed by atoms with van der Waals surface area (Å²) in [5.41, 5.74) is 2.31. The van der Waals surface area contributed by atoms with Crippen LogP contribution in [0, 0.1) is 0 Å². The second-order valence-electron chi connectivity index (χ2n) is 3.52. The quantitative estimate of drug-likeness (QED) is 0.713. The number of hydrogen-bond acceptors (Lipinski definition) is 2. The molecule has 0 atom stereocenters. The monoisotopic (exact) mass is 213 g/mol. The van der Waals surface area contributed by atoms with Gasteiger partial charge in [-0.3, -0.25) is 0 Å². The van der Waals surface area contributed by atoms with Crippen molar-refractivity contribution in [1.29, 1.82) is 0 Å². The molecule has 0 fully saturated rings. The van der Waals surface area contributed by atoms with E-state index in [2.05, 4.69) is 11.0 Å². The van der Waals surface area contributed by atoms with Crippen molar-refractivity contribution < 1.29 is 4.74 Å². The Labute approximate surface area is 90.4 Å². The summed E-state index contributed by atoms with van der Waals surface area (Å²) in [4.78, 5) is 2.11. The third-order valence-corrected chi connectivity index (χ3v) is 2.29. The fraction of sp³-hybridized carbons (Fsp3) is 0.455. The molecule has 0 bridgehead atoms. The first-order chi connectivity index (χ1) is 6.67. The van der Waals surface area contributed by atoms with Gasteiger partial charge in [0.1, 0.15) is 5.75 Å². The predicted molar refractivity (Wildman–Crippen MR) is 59.9 cm³/mol. The molecule has 1 aromatic rings. The van der Waals surface area contributed by atoms with Crippen LogP contribution in [0.25, 0.3) is 0 Å². The minimum absolute atomic E-state index is 0.546. The molecule has 0 aliphatic carbocycles. The van der Waals surface area contributed by atoms with E-state index in [-0.39, 0.29) is 0 Å². The largest absolute Gasteiger partial charge is 0.496 e. The number of nitrogens with zero attached hydrogens (tertiary/aromatic N) is 1. The number of rotatable bonds is 4. The lowest BCUT2D eigenvalue weighted by Gasteiger charge is -2.14. The van der Waals surface area contributed by atoms with E-state index < -0.39 is 0 Å². The lowest BCUT2D eigenvalue weighted by Crippen LogP contribution is -2.11. The van der Waals surface area contributed by atoms with Crippen molar-refractivity contribution in [3.8, 4) is 5.75 Å². The molecule has 0 aromatic heterocycles. The van der Waals surface area contributed by atoms with Gasteiger partial charge in [-0.1, -0.05) is 6.07 Å². The maximum atomic E-state index is 5.78. The molecule has 0 heterocycles. The fourth-order valence-electron chi connectivity index (χ4n) is 1.38. The highest BCUT2D eigenvalue weighted by Crippen LogP contribution is 2.21. The van der Waals surface area contributed by atoms with E-state index in [0.717, 1.165) is 17.9 Å². The third-order valence-electron chi connectivity index (χ3n) is 1.99. The van der Waals surface area contributed by atoms with E-state index in [1.54, 1.807) is 7.11 Å². The maximum Gasteiger partial charge on any atom is 0.123 e. The highest BCUT2D eigenvalue weighted by molar-refractivity contribution is 6.17. The van der Waals surface area contributed by atoms with E-state index in [1.165, 1.54) is 5.56 Å². The molecule has 0 amide bonds. The average Bonchev–Trinajstić information content (AvgIpc) is 2.16. The number of halogens is 1. The van der Waals surface area contributed by atoms with Crippen LogP contribution >= 0.6 is 11.6 Å². The minimum atomic E-state index is 0.546. The summed E-state index contributed by atoms with van der Waals surface area (Å²) >= 11 is 5.78. The van der Waals surface area contributed by atoms with Gasteiger partial charge in [-0.2, -0.15) is 0 Å². The molecule has 3 heteroatoms. The Morgan fingerprint density at radius 1 is 1.36 bits per heavy atom. The molecule has 2 nitrogen and oxygen atoms in total. The van der Waals surface area contributed by atoms with Crippen molar-refractivity contribution in [2.75, 3.05) is 21.2 Å². The maximum absolute atomic E-state index is 5.78. The van der Waals surface area contributed by atoms with Crippen molar-refractivity contribution in [2.24, 2.45) is 0 Å². The molecular formula is C11H16ClNO. The normalized spacial score (nSPS) is 10.6. The molecule has 1 rings (SSSR count). The Kier molecular flexibility index (Phi) is 4.23. The third kappa shape index (κ3) is 2.89. The second-order valence-corrected chi connectivity index (χ2v) is 3.78. The molecule has 0 radical (unpaired) electrons. The average molecular weight is 214 g/mol. The number of methoxy groups -OCH3 is 1. The number of ether oxygens (including phenoxy) is 1. The molecule has 0 spiro atoms. The minimum Gasteiger partial charge on any atom is -0.496 e. The molecule has 0 aliphatic heterocycles. The van der Waals surface area contributed by atoms with Crippen molar-refractivity contribution in [3.63, 3.8) is 0 Å². The van der Waals surface area contributed by atoms with Gasteiger partial charge in [-0.25, -0.2) is 0 Å². The first-order valence-corrected chi connectivity index (χ1v) is 5.07. The molecule has 0 N–H and O–H groups in total. The summed E-state index contributed by atoms with van der Waals surface area (Å²) in [5, 5.41) is 0. The zero-order chi connectivity index (χ0) is 10.6. The molecule has 78 valence electrons. The second kappa shape index (κ2) is 5.23. The standard InChI is InChI=1S/C11H16ClNO/c1-13(2)8-10-6-9(7-12)4-5-11(10)14-3/h4-6H,7-8H2,1-3H3. The summed E-state index contributed by atoms with van der Waals surface area (Å²) in [7, 11) is 5.76. The van der Waals surface area contributed by atoms with E-state index in [9.17, 15) is 0 Å². The van der Waals surface area contributed by atoms with E-state index in [0.29, 0.717) is 5.88 Å². The number of alkyl halides is 1. The van der Waals surface area contributed by atoms with Crippen LogP contribution in [0.4, 0.5) is 0 Å². The van der Waals surface area contributed by atoms with Gasteiger partial charge in [-0.15, -0.1) is 11.6 Å². The first kappa shape index (κ1) is 11.3. The van der Waals surface area contributed by atoms with Gasteiger partial charge < -0.3 is 9.64 Å². The first-order valence-electron chi connectivity index (χ1n) is 4.54. The lowest BCUT2D eigenvalue weighted by atomic mass is 10.1. The van der Waals surface area contributed by atoms with Gasteiger partial charge in [0.05, 0.1) is 7.11 Å². The van der Waals surface area contributed by atoms with Gasteiger partial charge in [0, 0.05) is 18.0 Å². The number of benzene rings is 1. The van der Waals surface area contributed by atoms with Crippen LogP contribution in [0.15, 0.2) is 18.2 Å². The van der Waals surface area contributed by atoms with Gasteiger partial charge in [0.2, 0.25) is 0 Å². The van der Waals surface area contributed by atoms with Gasteiger partial charge >= 0.3 is 0 Å². The lowest BCUT2D eigenvalue weighted by molar-refractivity contribution is 0.371. The summed E-state index contributed by atoms with van der Waals surface area (Å²) < 4.78 is 5.28. The summed E-state index contributed by atoms with van der Waals surface area (Å²) in [6, 6.07) is 6.05. The summed E-state index contributed by atoms with van der Waals surface area (Å²) in [6.45, 7) is 0.869. The Balaban J connectivity index is 2.96. The van der Waals surface area contributed by atoms with Crippen molar-refractivity contribution >= 4 is 11.6 Å². The highest BCUT2D eigenvalue weighted by atomic mass is 35.5. The Bertz CT molecular complexity index is 299. The van der Waals surface area contributed by atoms with Crippen LogP contribution in [-0.2, 0) is 12.4 Å². The Hall–Kier alpha value is -0.730. The molecule has 0 saturated carbocycles. The smallest absolute Gasteiger partial charge is 0.123 e. The van der Waals surface area contributed by atoms with Gasteiger partial charge in [0.25, 0.3) is 0 Å². The van der Waals surface area contributed by atoms with E-state index in [4.69, 9.17) is 16.3 Å². The van der Waals surface area contributed by atoms with Gasteiger partial charge in [-0.05, 0) is 31.8 Å². The highest BCUT2D eigenvalue weighted by Gasteiger charge is 2.04. The van der Waals surface area contributed by atoms with E-state index in [1.807, 2.05) is 26.2 Å². The molecule has 0 unspecified atom stereocenters. The van der Waals surface area contributed by atoms with Crippen LogP contribution < -0.4 is 4.74 Å². The molecule has 14 heavy (non-hydrogen) atoms. The van der Waals surface area contributed by atoms with E-state index >= 15 is 0 Å². The SMILES string of the molecule is COc1ccc(CCl)cc1CN(C)C. The predicted octanol–water partition coefficient (Wildman–Crippen LogP) is 2.50. The van der Waals surface area contributed by atoms with Crippen molar-refractivity contribution in [3.05, 3.63) is 29.3 Å². The van der Waals surface area contributed by atoms with Crippen LogP contribution in [0.3, 0.4) is 0 Å². The Morgan fingerprint density at radius 2 is 2.07 bits per heavy atom. The van der Waals surface area contributed by atoms with Crippen LogP contribution in [0.1, 0.15) is 11.1 Å². The Morgan fingerprint density at radius 3 is 2.57 bits per heavy atom. The summed E-state index contributed by atoms with van der Waals surface area (Å²) in [5.74, 6) is 1.47. The molecule has 0 saturated heterocycles. The van der Waals surface area contributed by atoms with Crippen LogP contribution in [-0.4, -0.2) is 26.1 Å².